The number of carbonyl (C=O) groups is 1. The molecule has 0 unspecified atom stereocenters. The summed E-state index contributed by atoms with van der Waals surface area (Å²) in [5.41, 5.74) is -0.208. The van der Waals surface area contributed by atoms with Gasteiger partial charge >= 0.3 is 0 Å². The van der Waals surface area contributed by atoms with E-state index >= 15 is 0 Å². The van der Waals surface area contributed by atoms with Gasteiger partial charge in [0.15, 0.2) is 0 Å². The lowest BCUT2D eigenvalue weighted by molar-refractivity contribution is -0.117. The molecule has 0 N–H and O–H groups in total. The highest BCUT2D eigenvalue weighted by atomic mass is 16.5. The smallest absolute Gasteiger partial charge is 0.127 e. The standard InChI is InChI=1S/C14H29NO3/c1-5-14(6-2,13-16)12-15(9-11-18-4)8-7-10-17-3/h13H,5-12H2,1-4H3. The van der Waals surface area contributed by atoms with Crippen LogP contribution >= 0.6 is 0 Å². The predicted octanol–water partition coefficient (Wildman–Crippen LogP) is 1.98. The summed E-state index contributed by atoms with van der Waals surface area (Å²) in [4.78, 5) is 13.7. The van der Waals surface area contributed by atoms with Crippen LogP contribution in [0.5, 0.6) is 0 Å². The number of carbonyl (C=O) groups excluding carboxylic acids is 1. The van der Waals surface area contributed by atoms with Gasteiger partial charge < -0.3 is 14.3 Å². The van der Waals surface area contributed by atoms with E-state index in [2.05, 4.69) is 18.7 Å². The second-order valence-corrected chi connectivity index (χ2v) is 4.80. The van der Waals surface area contributed by atoms with Crippen LogP contribution in [0.1, 0.15) is 33.1 Å². The van der Waals surface area contributed by atoms with E-state index < -0.39 is 0 Å². The zero-order valence-electron chi connectivity index (χ0n) is 12.4. The predicted molar refractivity (Wildman–Crippen MR) is 73.9 cm³/mol. The van der Waals surface area contributed by atoms with Crippen LogP contribution in [0.15, 0.2) is 0 Å². The van der Waals surface area contributed by atoms with Crippen LogP contribution in [-0.4, -0.2) is 58.3 Å². The van der Waals surface area contributed by atoms with Gasteiger partial charge in [0.05, 0.1) is 6.61 Å². The number of aldehydes is 1. The molecule has 0 amide bonds. The summed E-state index contributed by atoms with van der Waals surface area (Å²) in [5, 5.41) is 0. The normalized spacial score (nSPS) is 12.1. The zero-order valence-corrected chi connectivity index (χ0v) is 12.4. The lowest BCUT2D eigenvalue weighted by Crippen LogP contribution is -2.40. The Morgan fingerprint density at radius 3 is 2.11 bits per heavy atom. The fourth-order valence-electron chi connectivity index (χ4n) is 2.05. The van der Waals surface area contributed by atoms with Crippen LogP contribution in [0.25, 0.3) is 0 Å². The number of hydrogen-bond donors (Lipinski definition) is 0. The topological polar surface area (TPSA) is 38.8 Å². The molecule has 0 aromatic carbocycles. The van der Waals surface area contributed by atoms with Gasteiger partial charge in [-0.1, -0.05) is 13.8 Å². The average molecular weight is 259 g/mol. The molecular formula is C14H29NO3. The Bertz CT molecular complexity index is 205. The maximum Gasteiger partial charge on any atom is 0.127 e. The summed E-state index contributed by atoms with van der Waals surface area (Å²) in [5.74, 6) is 0. The highest BCUT2D eigenvalue weighted by molar-refractivity contribution is 5.59. The average Bonchev–Trinajstić information content (AvgIpc) is 2.42. The van der Waals surface area contributed by atoms with Crippen LogP contribution in [0.3, 0.4) is 0 Å². The summed E-state index contributed by atoms with van der Waals surface area (Å²) < 4.78 is 10.2. The quantitative estimate of drug-likeness (QED) is 0.397. The molecule has 0 atom stereocenters. The summed E-state index contributed by atoms with van der Waals surface area (Å²) in [6, 6.07) is 0. The molecule has 0 rings (SSSR count). The molecule has 0 heterocycles. The number of rotatable bonds is 12. The highest BCUT2D eigenvalue weighted by Crippen LogP contribution is 2.24. The van der Waals surface area contributed by atoms with Crippen molar-refractivity contribution in [3.05, 3.63) is 0 Å². The molecule has 0 aromatic rings. The molecular weight excluding hydrogens is 230 g/mol. The summed E-state index contributed by atoms with van der Waals surface area (Å²) >= 11 is 0. The molecule has 0 saturated carbocycles. The van der Waals surface area contributed by atoms with Crippen molar-refractivity contribution in [2.45, 2.75) is 33.1 Å². The van der Waals surface area contributed by atoms with Gasteiger partial charge in [-0.05, 0) is 19.3 Å². The summed E-state index contributed by atoms with van der Waals surface area (Å²) in [6.07, 6.45) is 3.90. The second kappa shape index (κ2) is 10.5. The molecule has 108 valence electrons. The Hall–Kier alpha value is -0.450. The van der Waals surface area contributed by atoms with Crippen molar-refractivity contribution in [1.29, 1.82) is 0 Å². The molecule has 0 saturated heterocycles. The van der Waals surface area contributed by atoms with Crippen molar-refractivity contribution in [1.82, 2.24) is 4.90 Å². The zero-order chi connectivity index (χ0) is 13.9. The fraction of sp³-hybridized carbons (Fsp3) is 0.929. The molecule has 0 spiro atoms. The first-order chi connectivity index (χ1) is 8.67. The molecule has 0 aliphatic carbocycles. The van der Waals surface area contributed by atoms with Crippen molar-refractivity contribution < 1.29 is 14.3 Å². The molecule has 0 bridgehead atoms. The Morgan fingerprint density at radius 1 is 1.06 bits per heavy atom. The molecule has 0 fully saturated rings. The third-order valence-corrected chi connectivity index (χ3v) is 3.63. The van der Waals surface area contributed by atoms with Crippen LogP contribution < -0.4 is 0 Å². The molecule has 0 radical (unpaired) electrons. The largest absolute Gasteiger partial charge is 0.385 e. The Morgan fingerprint density at radius 2 is 1.67 bits per heavy atom. The first kappa shape index (κ1) is 17.6. The molecule has 4 heteroatoms. The summed E-state index contributed by atoms with van der Waals surface area (Å²) in [6.45, 7) is 8.27. The highest BCUT2D eigenvalue weighted by Gasteiger charge is 2.28. The number of methoxy groups -OCH3 is 2. The number of hydrogen-bond acceptors (Lipinski definition) is 4. The van der Waals surface area contributed by atoms with Crippen LogP contribution in [0.2, 0.25) is 0 Å². The third-order valence-electron chi connectivity index (χ3n) is 3.63. The van der Waals surface area contributed by atoms with Crippen LogP contribution in [0, 0.1) is 5.41 Å². The van der Waals surface area contributed by atoms with E-state index in [9.17, 15) is 4.79 Å². The molecule has 0 aliphatic heterocycles. The van der Waals surface area contributed by atoms with Gasteiger partial charge in [-0.3, -0.25) is 4.90 Å². The maximum absolute atomic E-state index is 11.3. The van der Waals surface area contributed by atoms with E-state index in [1.807, 2.05) is 0 Å². The van der Waals surface area contributed by atoms with Crippen molar-refractivity contribution in [3.63, 3.8) is 0 Å². The Balaban J connectivity index is 4.38. The Labute approximate surface area is 112 Å². The number of nitrogens with zero attached hydrogens (tertiary/aromatic N) is 1. The van der Waals surface area contributed by atoms with Gasteiger partial charge in [-0.25, -0.2) is 0 Å². The van der Waals surface area contributed by atoms with E-state index in [-0.39, 0.29) is 5.41 Å². The molecule has 0 aromatic heterocycles. The van der Waals surface area contributed by atoms with E-state index in [0.29, 0.717) is 6.61 Å². The van der Waals surface area contributed by atoms with Crippen molar-refractivity contribution in [2.75, 3.05) is 47.1 Å². The molecule has 0 aliphatic rings. The third kappa shape index (κ3) is 6.47. The van der Waals surface area contributed by atoms with Gasteiger partial charge in [0.1, 0.15) is 6.29 Å². The first-order valence-electron chi connectivity index (χ1n) is 6.84. The van der Waals surface area contributed by atoms with Gasteiger partial charge in [-0.2, -0.15) is 0 Å². The first-order valence-corrected chi connectivity index (χ1v) is 6.84. The van der Waals surface area contributed by atoms with Crippen molar-refractivity contribution in [3.8, 4) is 0 Å². The molecule has 4 nitrogen and oxygen atoms in total. The van der Waals surface area contributed by atoms with Crippen LogP contribution in [-0.2, 0) is 14.3 Å². The van der Waals surface area contributed by atoms with E-state index in [4.69, 9.17) is 9.47 Å². The summed E-state index contributed by atoms with van der Waals surface area (Å²) in [7, 11) is 3.42. The van der Waals surface area contributed by atoms with Crippen molar-refractivity contribution >= 4 is 6.29 Å². The minimum atomic E-state index is -0.208. The molecule has 18 heavy (non-hydrogen) atoms. The minimum Gasteiger partial charge on any atom is -0.385 e. The maximum atomic E-state index is 11.3. The minimum absolute atomic E-state index is 0.208. The SMILES string of the molecule is CCC(C=O)(CC)CN(CCCOC)CCOC. The van der Waals surface area contributed by atoms with Gasteiger partial charge in [0.25, 0.3) is 0 Å². The van der Waals surface area contributed by atoms with Crippen LogP contribution in [0.4, 0.5) is 0 Å². The van der Waals surface area contributed by atoms with E-state index in [1.54, 1.807) is 14.2 Å². The van der Waals surface area contributed by atoms with Gasteiger partial charge in [-0.15, -0.1) is 0 Å². The van der Waals surface area contributed by atoms with Gasteiger partial charge in [0, 0.05) is 45.9 Å². The second-order valence-electron chi connectivity index (χ2n) is 4.80. The lowest BCUT2D eigenvalue weighted by atomic mass is 9.83. The fourth-order valence-corrected chi connectivity index (χ4v) is 2.05. The van der Waals surface area contributed by atoms with Gasteiger partial charge in [0.2, 0.25) is 0 Å². The number of ether oxygens (including phenoxy) is 2. The van der Waals surface area contributed by atoms with Crippen molar-refractivity contribution in [2.24, 2.45) is 5.41 Å². The monoisotopic (exact) mass is 259 g/mol. The van der Waals surface area contributed by atoms with E-state index in [1.165, 1.54) is 0 Å². The lowest BCUT2D eigenvalue weighted by Gasteiger charge is -2.33. The van der Waals surface area contributed by atoms with E-state index in [0.717, 1.165) is 51.8 Å². The Kier molecular flexibility index (Phi) is 10.2.